The average Bonchev–Trinajstić information content (AvgIpc) is 2.96. The third-order valence-electron chi connectivity index (χ3n) is 6.24. The molecule has 1 fully saturated rings. The Hall–Kier alpha value is -2.15. The van der Waals surface area contributed by atoms with Crippen LogP contribution in [-0.4, -0.2) is 76.4 Å². The van der Waals surface area contributed by atoms with E-state index in [1.807, 2.05) is 60.7 Å². The van der Waals surface area contributed by atoms with E-state index in [-0.39, 0.29) is 26.4 Å². The SMILES string of the molecule is O=C(NCCCCCO[C@@H]1OC(COCc2ccccc2)[C@@H](O)C(O)[C@@H]1NC(=O)C(Cl)(Cl)Cl)OCc1ccccc1. The van der Waals surface area contributed by atoms with E-state index in [4.69, 9.17) is 53.8 Å². The number of ether oxygens (including phenoxy) is 4. The van der Waals surface area contributed by atoms with Crippen molar-refractivity contribution in [3.63, 3.8) is 0 Å². The molecule has 2 unspecified atom stereocenters. The number of benzene rings is 2. The van der Waals surface area contributed by atoms with Gasteiger partial charge in [0.25, 0.3) is 9.70 Å². The summed E-state index contributed by atoms with van der Waals surface area (Å²) >= 11 is 17.0. The molecule has 2 amide bonds. The quantitative estimate of drug-likeness (QED) is 0.183. The minimum Gasteiger partial charge on any atom is -0.445 e. The van der Waals surface area contributed by atoms with Crippen LogP contribution in [0.1, 0.15) is 30.4 Å². The lowest BCUT2D eigenvalue weighted by Crippen LogP contribution is -2.65. The molecule has 2 aromatic carbocycles. The van der Waals surface area contributed by atoms with Gasteiger partial charge in [-0.05, 0) is 30.4 Å². The molecule has 1 aliphatic heterocycles. The number of alkyl carbamates (subject to hydrolysis) is 1. The van der Waals surface area contributed by atoms with Crippen molar-refractivity contribution >= 4 is 46.8 Å². The highest BCUT2D eigenvalue weighted by molar-refractivity contribution is 6.76. The maximum absolute atomic E-state index is 12.3. The molecule has 0 bridgehead atoms. The Morgan fingerprint density at radius 3 is 2.15 bits per heavy atom. The van der Waals surface area contributed by atoms with Crippen molar-refractivity contribution in [2.24, 2.45) is 0 Å². The minimum absolute atomic E-state index is 0.0376. The van der Waals surface area contributed by atoms with Crippen molar-refractivity contribution in [3.8, 4) is 0 Å². The minimum atomic E-state index is -2.29. The molecule has 10 nitrogen and oxygen atoms in total. The zero-order chi connectivity index (χ0) is 29.7. The lowest BCUT2D eigenvalue weighted by molar-refractivity contribution is -0.273. The van der Waals surface area contributed by atoms with Crippen LogP contribution in [0.3, 0.4) is 0 Å². The Labute approximate surface area is 254 Å². The molecule has 0 radical (unpaired) electrons. The topological polar surface area (TPSA) is 136 Å². The fourth-order valence-electron chi connectivity index (χ4n) is 4.03. The number of aliphatic hydroxyl groups is 2. The Bertz CT molecular complexity index is 1060. The van der Waals surface area contributed by atoms with Gasteiger partial charge in [-0.15, -0.1) is 0 Å². The second-order valence-electron chi connectivity index (χ2n) is 9.44. The van der Waals surface area contributed by atoms with Gasteiger partial charge in [-0.3, -0.25) is 4.79 Å². The molecule has 1 saturated heterocycles. The zero-order valence-corrected chi connectivity index (χ0v) is 24.6. The van der Waals surface area contributed by atoms with Crippen LogP contribution < -0.4 is 10.6 Å². The van der Waals surface area contributed by atoms with E-state index in [9.17, 15) is 19.8 Å². The molecule has 0 spiro atoms. The van der Waals surface area contributed by atoms with Crippen molar-refractivity contribution in [1.29, 1.82) is 0 Å². The van der Waals surface area contributed by atoms with Crippen LogP contribution >= 0.6 is 34.8 Å². The number of hydrogen-bond donors (Lipinski definition) is 4. The van der Waals surface area contributed by atoms with Crippen LogP contribution in [-0.2, 0) is 37.0 Å². The predicted molar refractivity (Wildman–Crippen MR) is 153 cm³/mol. The van der Waals surface area contributed by atoms with Gasteiger partial charge in [0.2, 0.25) is 0 Å². The number of halogens is 3. The van der Waals surface area contributed by atoms with Crippen molar-refractivity contribution in [2.75, 3.05) is 19.8 Å². The number of aliphatic hydroxyl groups excluding tert-OH is 2. The average molecular weight is 634 g/mol. The lowest BCUT2D eigenvalue weighted by Gasteiger charge is -2.43. The number of unbranched alkanes of at least 4 members (excludes halogenated alkanes) is 2. The summed E-state index contributed by atoms with van der Waals surface area (Å²) in [5, 5.41) is 26.5. The summed E-state index contributed by atoms with van der Waals surface area (Å²) in [4.78, 5) is 24.1. The smallest absolute Gasteiger partial charge is 0.407 e. The first kappa shape index (κ1) is 33.4. The lowest BCUT2D eigenvalue weighted by atomic mass is 9.97. The van der Waals surface area contributed by atoms with Crippen LogP contribution in [0.4, 0.5) is 4.79 Å². The summed E-state index contributed by atoms with van der Waals surface area (Å²) in [6.45, 7) is 1.04. The normalized spacial score (nSPS) is 22.6. The summed E-state index contributed by atoms with van der Waals surface area (Å²) in [6.07, 6.45) is -3.53. The summed E-state index contributed by atoms with van der Waals surface area (Å²) in [6, 6.07) is 17.6. The molecule has 0 saturated carbocycles. The highest BCUT2D eigenvalue weighted by Crippen LogP contribution is 2.29. The van der Waals surface area contributed by atoms with E-state index < -0.39 is 46.4 Å². The first-order valence-corrected chi connectivity index (χ1v) is 14.4. The molecule has 0 aliphatic carbocycles. The largest absolute Gasteiger partial charge is 0.445 e. The molecule has 4 N–H and O–H groups in total. The Morgan fingerprint density at radius 1 is 0.878 bits per heavy atom. The first-order valence-electron chi connectivity index (χ1n) is 13.2. The molecule has 13 heteroatoms. The molecule has 226 valence electrons. The number of hydrogen-bond acceptors (Lipinski definition) is 8. The maximum Gasteiger partial charge on any atom is 0.407 e. The van der Waals surface area contributed by atoms with Crippen molar-refractivity contribution < 1.29 is 38.7 Å². The number of carbonyl (C=O) groups is 2. The van der Waals surface area contributed by atoms with Gasteiger partial charge in [0.1, 0.15) is 31.0 Å². The molecule has 3 rings (SSSR count). The van der Waals surface area contributed by atoms with Gasteiger partial charge in [0, 0.05) is 13.2 Å². The van der Waals surface area contributed by atoms with Crippen LogP contribution in [0.5, 0.6) is 0 Å². The molecule has 0 aromatic heterocycles. The third-order valence-corrected chi connectivity index (χ3v) is 6.75. The molecular weight excluding hydrogens is 599 g/mol. The highest BCUT2D eigenvalue weighted by Gasteiger charge is 2.47. The molecule has 41 heavy (non-hydrogen) atoms. The van der Waals surface area contributed by atoms with Crippen LogP contribution in [0.15, 0.2) is 60.7 Å². The summed E-state index contributed by atoms with van der Waals surface area (Å²) in [7, 11) is 0. The van der Waals surface area contributed by atoms with Gasteiger partial charge < -0.3 is 39.8 Å². The van der Waals surface area contributed by atoms with E-state index in [1.165, 1.54) is 0 Å². The Morgan fingerprint density at radius 2 is 1.51 bits per heavy atom. The van der Waals surface area contributed by atoms with Gasteiger partial charge in [-0.2, -0.15) is 0 Å². The Balaban J connectivity index is 1.43. The molecule has 1 heterocycles. The van der Waals surface area contributed by atoms with E-state index in [0.29, 0.717) is 25.8 Å². The monoisotopic (exact) mass is 632 g/mol. The van der Waals surface area contributed by atoms with Crippen LogP contribution in [0.2, 0.25) is 0 Å². The van der Waals surface area contributed by atoms with Crippen LogP contribution in [0.25, 0.3) is 0 Å². The van der Waals surface area contributed by atoms with Gasteiger partial charge in [-0.1, -0.05) is 95.5 Å². The fourth-order valence-corrected chi connectivity index (χ4v) is 4.20. The van der Waals surface area contributed by atoms with Gasteiger partial charge >= 0.3 is 6.09 Å². The van der Waals surface area contributed by atoms with E-state index in [1.54, 1.807) is 0 Å². The second-order valence-corrected chi connectivity index (χ2v) is 11.7. The highest BCUT2D eigenvalue weighted by atomic mass is 35.6. The maximum atomic E-state index is 12.3. The fraction of sp³-hybridized carbons (Fsp3) is 0.500. The number of amides is 2. The van der Waals surface area contributed by atoms with Crippen molar-refractivity contribution in [3.05, 3.63) is 71.8 Å². The third kappa shape index (κ3) is 11.6. The van der Waals surface area contributed by atoms with E-state index >= 15 is 0 Å². The standard InChI is InChI=1S/C28H35Cl3N2O8/c29-28(30,31)26(36)33-22-24(35)23(34)21(18-38-16-19-10-4-1-5-11-19)41-25(22)39-15-9-3-8-14-32-27(37)40-17-20-12-6-2-7-13-20/h1-2,4-7,10-13,21-25,34-35H,3,8-9,14-18H2,(H,32,37)(H,33,36)/t21?,22-,23+,24?,25+/m0/s1. The molecule has 5 atom stereocenters. The molecule has 2 aromatic rings. The molecular formula is C28H35Cl3N2O8. The van der Waals surface area contributed by atoms with E-state index in [0.717, 1.165) is 11.1 Å². The molecule has 1 aliphatic rings. The van der Waals surface area contributed by atoms with Gasteiger partial charge in [-0.25, -0.2) is 4.79 Å². The summed E-state index contributed by atoms with van der Waals surface area (Å²) < 4.78 is 20.3. The summed E-state index contributed by atoms with van der Waals surface area (Å²) in [5.41, 5.74) is 1.83. The Kier molecular flexibility index (Phi) is 13.9. The van der Waals surface area contributed by atoms with E-state index in [2.05, 4.69) is 10.6 Å². The van der Waals surface area contributed by atoms with Gasteiger partial charge in [0.15, 0.2) is 6.29 Å². The van der Waals surface area contributed by atoms with Crippen LogP contribution in [0, 0.1) is 0 Å². The predicted octanol–water partition coefficient (Wildman–Crippen LogP) is 3.62. The number of carbonyl (C=O) groups excluding carboxylic acids is 2. The van der Waals surface area contributed by atoms with Crippen molar-refractivity contribution in [2.45, 2.75) is 66.9 Å². The summed E-state index contributed by atoms with van der Waals surface area (Å²) in [5.74, 6) is -1.00. The zero-order valence-electron chi connectivity index (χ0n) is 22.3. The first-order chi connectivity index (χ1) is 19.6. The van der Waals surface area contributed by atoms with Crippen molar-refractivity contribution in [1.82, 2.24) is 10.6 Å². The van der Waals surface area contributed by atoms with Gasteiger partial charge in [0.05, 0.1) is 13.2 Å². The number of alkyl halides is 3. The second kappa shape index (κ2) is 17.1. The number of nitrogens with one attached hydrogen (secondary N) is 2. The number of rotatable bonds is 14.